The molecular weight excluding hydrogens is 576 g/mol. The van der Waals surface area contributed by atoms with Gasteiger partial charge in [0.15, 0.2) is 5.13 Å². The molecular formula is C33H30N6O4S. The van der Waals surface area contributed by atoms with Gasteiger partial charge >= 0.3 is 6.09 Å². The van der Waals surface area contributed by atoms with Crippen molar-refractivity contribution in [2.45, 2.75) is 26.4 Å². The van der Waals surface area contributed by atoms with E-state index in [0.29, 0.717) is 33.3 Å². The molecule has 2 aromatic heterocycles. The summed E-state index contributed by atoms with van der Waals surface area (Å²) in [5.74, 6) is -0.725. The summed E-state index contributed by atoms with van der Waals surface area (Å²) in [6.45, 7) is 5.30. The second-order valence-electron chi connectivity index (χ2n) is 10.6. The number of amides is 3. The van der Waals surface area contributed by atoms with Crippen LogP contribution < -0.4 is 21.3 Å². The number of carbonyl (C=O) groups excluding carboxylic acids is 3. The first-order valence-corrected chi connectivity index (χ1v) is 14.6. The second-order valence-corrected chi connectivity index (χ2v) is 11.5. The normalized spacial score (nSPS) is 10.9. The van der Waals surface area contributed by atoms with Gasteiger partial charge in [-0.05, 0) is 87.5 Å². The van der Waals surface area contributed by atoms with Gasteiger partial charge in [0, 0.05) is 45.8 Å². The van der Waals surface area contributed by atoms with E-state index in [2.05, 4.69) is 31.2 Å². The van der Waals surface area contributed by atoms with E-state index < -0.39 is 17.6 Å². The highest BCUT2D eigenvalue weighted by Crippen LogP contribution is 2.28. The first-order chi connectivity index (χ1) is 21.1. The number of anilines is 5. The maximum Gasteiger partial charge on any atom is 0.412 e. The van der Waals surface area contributed by atoms with Crippen LogP contribution in [0, 0.1) is 0 Å². The molecule has 0 saturated heterocycles. The minimum atomic E-state index is -0.664. The fraction of sp³-hybridized carbons (Fsp3) is 0.121. The molecule has 0 atom stereocenters. The van der Waals surface area contributed by atoms with Crippen molar-refractivity contribution in [3.8, 4) is 11.3 Å². The van der Waals surface area contributed by atoms with Crippen molar-refractivity contribution in [1.82, 2.24) is 9.97 Å². The SMILES string of the molecule is CC(C)(C)OC(=O)Nc1ccccc1NC(=O)c1ccc(C(=O)Nc2cccc(Nc3nc(-c4cccnc4)cs3)c2)cc1. The van der Waals surface area contributed by atoms with Crippen LogP contribution in [0.15, 0.2) is 103 Å². The molecule has 10 nitrogen and oxygen atoms in total. The van der Waals surface area contributed by atoms with Crippen molar-refractivity contribution in [3.63, 3.8) is 0 Å². The molecule has 0 bridgehead atoms. The molecule has 4 N–H and O–H groups in total. The molecule has 11 heteroatoms. The number of aromatic nitrogens is 2. The van der Waals surface area contributed by atoms with Crippen LogP contribution in [0.5, 0.6) is 0 Å². The Kier molecular flexibility index (Phi) is 8.96. The van der Waals surface area contributed by atoms with Crippen molar-refractivity contribution in [2.75, 3.05) is 21.3 Å². The summed E-state index contributed by atoms with van der Waals surface area (Å²) >= 11 is 1.47. The largest absolute Gasteiger partial charge is 0.444 e. The lowest BCUT2D eigenvalue weighted by atomic mass is 10.1. The fourth-order valence-electron chi connectivity index (χ4n) is 4.06. The quantitative estimate of drug-likeness (QED) is 0.142. The standard InChI is InChI=1S/C33H30N6O4S/c1-33(2,3)43-32(42)39-27-12-5-4-11-26(27)37-30(41)22-15-13-21(14-16-22)29(40)35-24-9-6-10-25(18-24)36-31-38-28(20-44-31)23-8-7-17-34-19-23/h4-20H,1-3H3,(H,35,40)(H,36,38)(H,37,41)(H,39,42). The number of rotatable bonds is 8. The monoisotopic (exact) mass is 606 g/mol. The summed E-state index contributed by atoms with van der Waals surface area (Å²) in [5, 5.41) is 14.3. The molecule has 2 heterocycles. The van der Waals surface area contributed by atoms with Gasteiger partial charge in [0.25, 0.3) is 11.8 Å². The van der Waals surface area contributed by atoms with Crippen LogP contribution in [0.3, 0.4) is 0 Å². The maximum absolute atomic E-state index is 13.0. The Balaban J connectivity index is 1.19. The van der Waals surface area contributed by atoms with Crippen LogP contribution in [0.2, 0.25) is 0 Å². The minimum Gasteiger partial charge on any atom is -0.444 e. The van der Waals surface area contributed by atoms with E-state index in [1.54, 1.807) is 87.8 Å². The lowest BCUT2D eigenvalue weighted by molar-refractivity contribution is 0.0635. The predicted molar refractivity (Wildman–Crippen MR) is 174 cm³/mol. The van der Waals surface area contributed by atoms with Crippen molar-refractivity contribution in [2.24, 2.45) is 0 Å². The summed E-state index contributed by atoms with van der Waals surface area (Å²) in [5.41, 5.74) is 3.99. The van der Waals surface area contributed by atoms with Gasteiger partial charge in [0.2, 0.25) is 0 Å². The van der Waals surface area contributed by atoms with E-state index in [1.165, 1.54) is 11.3 Å². The highest BCUT2D eigenvalue weighted by atomic mass is 32.1. The van der Waals surface area contributed by atoms with E-state index in [0.717, 1.165) is 16.9 Å². The van der Waals surface area contributed by atoms with Gasteiger partial charge in [0.05, 0.1) is 17.1 Å². The molecule has 3 amide bonds. The zero-order valence-electron chi connectivity index (χ0n) is 24.3. The molecule has 0 aliphatic heterocycles. The molecule has 44 heavy (non-hydrogen) atoms. The molecule has 0 fully saturated rings. The molecule has 5 rings (SSSR count). The number of pyridine rings is 1. The number of nitrogens with one attached hydrogen (secondary N) is 4. The molecule has 222 valence electrons. The first-order valence-electron chi connectivity index (χ1n) is 13.7. The van der Waals surface area contributed by atoms with Gasteiger partial charge < -0.3 is 20.7 Å². The average Bonchev–Trinajstić information content (AvgIpc) is 3.46. The summed E-state index contributed by atoms with van der Waals surface area (Å²) in [6, 6.07) is 24.2. The lowest BCUT2D eigenvalue weighted by Gasteiger charge is -2.20. The van der Waals surface area contributed by atoms with Crippen LogP contribution in [-0.4, -0.2) is 33.5 Å². The van der Waals surface area contributed by atoms with Crippen LogP contribution in [0.4, 0.5) is 32.7 Å². The van der Waals surface area contributed by atoms with Crippen LogP contribution in [0.1, 0.15) is 41.5 Å². The summed E-state index contributed by atoms with van der Waals surface area (Å²) < 4.78 is 5.31. The van der Waals surface area contributed by atoms with Gasteiger partial charge in [-0.3, -0.25) is 19.9 Å². The Labute approximate surface area is 258 Å². The van der Waals surface area contributed by atoms with E-state index in [-0.39, 0.29) is 5.91 Å². The predicted octanol–water partition coefficient (Wildman–Crippen LogP) is 7.80. The van der Waals surface area contributed by atoms with Crippen molar-refractivity contribution < 1.29 is 19.1 Å². The topological polar surface area (TPSA) is 134 Å². The Hall–Kier alpha value is -5.55. The van der Waals surface area contributed by atoms with Gasteiger partial charge in [-0.25, -0.2) is 9.78 Å². The van der Waals surface area contributed by atoms with Gasteiger partial charge in [0.1, 0.15) is 5.60 Å². The number of hydrogen-bond donors (Lipinski definition) is 4. The third-order valence-electron chi connectivity index (χ3n) is 6.05. The lowest BCUT2D eigenvalue weighted by Crippen LogP contribution is -2.27. The Morgan fingerprint density at radius 2 is 1.41 bits per heavy atom. The number of ether oxygens (including phenoxy) is 1. The molecule has 5 aromatic rings. The molecule has 0 aliphatic carbocycles. The van der Waals surface area contributed by atoms with Gasteiger partial charge in [-0.1, -0.05) is 18.2 Å². The second kappa shape index (κ2) is 13.2. The van der Waals surface area contributed by atoms with Crippen molar-refractivity contribution in [1.29, 1.82) is 0 Å². The van der Waals surface area contributed by atoms with Crippen molar-refractivity contribution in [3.05, 3.63) is 114 Å². The zero-order chi connectivity index (χ0) is 31.1. The third kappa shape index (κ3) is 8.05. The highest BCUT2D eigenvalue weighted by Gasteiger charge is 2.18. The van der Waals surface area contributed by atoms with E-state index in [1.807, 2.05) is 35.7 Å². The number of hydrogen-bond acceptors (Lipinski definition) is 8. The fourth-order valence-corrected chi connectivity index (χ4v) is 4.80. The molecule has 0 radical (unpaired) electrons. The Morgan fingerprint density at radius 1 is 0.750 bits per heavy atom. The van der Waals surface area contributed by atoms with E-state index >= 15 is 0 Å². The van der Waals surface area contributed by atoms with Crippen LogP contribution in [-0.2, 0) is 4.74 Å². The van der Waals surface area contributed by atoms with Gasteiger partial charge in [-0.15, -0.1) is 11.3 Å². The molecule has 0 saturated carbocycles. The summed E-state index contributed by atoms with van der Waals surface area (Å²) in [4.78, 5) is 46.9. The Morgan fingerprint density at radius 3 is 2.07 bits per heavy atom. The zero-order valence-corrected chi connectivity index (χ0v) is 25.1. The van der Waals surface area contributed by atoms with E-state index in [4.69, 9.17) is 4.74 Å². The average molecular weight is 607 g/mol. The molecule has 0 aliphatic rings. The van der Waals surface area contributed by atoms with Crippen LogP contribution in [0.25, 0.3) is 11.3 Å². The third-order valence-corrected chi connectivity index (χ3v) is 6.81. The minimum absolute atomic E-state index is 0.325. The molecule has 3 aromatic carbocycles. The number of benzene rings is 3. The maximum atomic E-state index is 13.0. The number of carbonyl (C=O) groups is 3. The molecule has 0 unspecified atom stereocenters. The first kappa shape index (κ1) is 29.9. The number of thiazole rings is 1. The van der Waals surface area contributed by atoms with Crippen LogP contribution >= 0.6 is 11.3 Å². The highest BCUT2D eigenvalue weighted by molar-refractivity contribution is 7.14. The van der Waals surface area contributed by atoms with E-state index in [9.17, 15) is 14.4 Å². The van der Waals surface area contributed by atoms with Crippen molar-refractivity contribution >= 4 is 57.1 Å². The number of nitrogens with zero attached hydrogens (tertiary/aromatic N) is 2. The summed E-state index contributed by atoms with van der Waals surface area (Å²) in [6.07, 6.45) is 2.85. The smallest absolute Gasteiger partial charge is 0.412 e. The Bertz CT molecular complexity index is 1780. The molecule has 0 spiro atoms. The number of para-hydroxylation sites is 2. The summed E-state index contributed by atoms with van der Waals surface area (Å²) in [7, 11) is 0. The van der Waals surface area contributed by atoms with Gasteiger partial charge in [-0.2, -0.15) is 0 Å².